The lowest BCUT2D eigenvalue weighted by Crippen LogP contribution is -2.02. The van der Waals surface area contributed by atoms with Crippen LogP contribution in [0.4, 0.5) is 0 Å². The monoisotopic (exact) mass is 516 g/mol. The van der Waals surface area contributed by atoms with Crippen LogP contribution in [-0.4, -0.2) is 9.97 Å². The number of hydrogen-bond donors (Lipinski definition) is 0. The molecule has 186 valence electrons. The molecule has 0 saturated heterocycles. The fraction of sp³-hybridized carbons (Fsp3) is 0. The van der Waals surface area contributed by atoms with Crippen LogP contribution < -0.4 is 11.3 Å². The molecule has 2 aromatic heterocycles. The summed E-state index contributed by atoms with van der Waals surface area (Å²) in [5.41, 5.74) is 3.17. The van der Waals surface area contributed by atoms with E-state index in [1.165, 1.54) is 0 Å². The number of fused-ring (bicyclic) bond motifs is 2. The van der Waals surface area contributed by atoms with Gasteiger partial charge in [0.15, 0.2) is 0 Å². The van der Waals surface area contributed by atoms with Crippen LogP contribution in [0.15, 0.2) is 115 Å². The Balaban J connectivity index is 1.12. The molecule has 0 aliphatic rings. The smallest absolute Gasteiger partial charge is 0.347 e. The van der Waals surface area contributed by atoms with E-state index in [4.69, 9.17) is 8.83 Å². The normalized spacial score (nSPS) is 10.1. The minimum atomic E-state index is -0.424. The first-order valence-corrected chi connectivity index (χ1v) is 12.2. The molecular weight excluding hydrogens is 500 g/mol. The Labute approximate surface area is 228 Å². The van der Waals surface area contributed by atoms with Crippen molar-refractivity contribution in [2.75, 3.05) is 0 Å². The Kier molecular flexibility index (Phi) is 6.46. The molecule has 6 heteroatoms. The van der Waals surface area contributed by atoms with Gasteiger partial charge in [-0.25, -0.2) is 19.6 Å². The number of benzene rings is 4. The topological polar surface area (TPSA) is 86.2 Å². The van der Waals surface area contributed by atoms with Crippen LogP contribution in [0.1, 0.15) is 11.1 Å². The maximum atomic E-state index is 12.2. The summed E-state index contributed by atoms with van der Waals surface area (Å²) in [5, 5.41) is 0.890. The van der Waals surface area contributed by atoms with Crippen LogP contribution in [0.3, 0.4) is 0 Å². The lowest BCUT2D eigenvalue weighted by atomic mass is 10.1. The lowest BCUT2D eigenvalue weighted by Gasteiger charge is -2.01. The van der Waals surface area contributed by atoms with Gasteiger partial charge in [-0.05, 0) is 96.5 Å². The van der Waals surface area contributed by atoms with Crippen molar-refractivity contribution < 1.29 is 8.83 Å². The summed E-state index contributed by atoms with van der Waals surface area (Å²) in [4.78, 5) is 33.3. The van der Waals surface area contributed by atoms with Crippen LogP contribution in [0.5, 0.6) is 0 Å². The summed E-state index contributed by atoms with van der Waals surface area (Å²) in [7, 11) is 0. The molecule has 0 fully saturated rings. The summed E-state index contributed by atoms with van der Waals surface area (Å²) in [5.74, 6) is 17.4. The number of rotatable bonds is 2. The first kappa shape index (κ1) is 24.2. The molecule has 0 aliphatic heterocycles. The second kappa shape index (κ2) is 10.7. The average Bonchev–Trinajstić information content (AvgIpc) is 2.99. The molecular formula is C34H16N2O4. The molecule has 0 amide bonds. The van der Waals surface area contributed by atoms with Crippen molar-refractivity contribution in [1.29, 1.82) is 0 Å². The highest BCUT2D eigenvalue weighted by molar-refractivity contribution is 5.79. The Morgan fingerprint density at radius 3 is 1.30 bits per heavy atom. The average molecular weight is 517 g/mol. The van der Waals surface area contributed by atoms with Crippen molar-refractivity contribution in [3.05, 3.63) is 129 Å². The SMILES string of the molecule is O=c1oc(-c2ccc(C#CC#CC#Cc3ccc(-c4nc5ccccc5c(=O)o4)cc3)cc2)nc2ccccc12. The maximum absolute atomic E-state index is 12.2. The second-order valence-electron chi connectivity index (χ2n) is 8.55. The number of hydrogen-bond acceptors (Lipinski definition) is 6. The molecule has 0 radical (unpaired) electrons. The standard InChI is InChI=1S/C34H16N2O4/c37-33-27-11-5-7-13-29(27)35-31(39-33)25-19-15-23(16-20-25)9-3-1-2-4-10-24-17-21-26(22-18-24)32-36-30-14-8-6-12-28(30)34(38)40-32/h5-8,11-22H. The van der Waals surface area contributed by atoms with E-state index in [0.29, 0.717) is 32.9 Å². The summed E-state index contributed by atoms with van der Waals surface area (Å²) in [6.45, 7) is 0. The molecule has 6 rings (SSSR count). The van der Waals surface area contributed by atoms with E-state index in [2.05, 4.69) is 45.5 Å². The van der Waals surface area contributed by atoms with E-state index < -0.39 is 11.3 Å². The molecule has 0 atom stereocenters. The van der Waals surface area contributed by atoms with Crippen molar-refractivity contribution >= 4 is 21.8 Å². The maximum Gasteiger partial charge on any atom is 0.347 e. The van der Waals surface area contributed by atoms with Gasteiger partial charge >= 0.3 is 11.3 Å². The van der Waals surface area contributed by atoms with Crippen LogP contribution in [0.2, 0.25) is 0 Å². The van der Waals surface area contributed by atoms with E-state index in [9.17, 15) is 9.59 Å². The summed E-state index contributed by atoms with van der Waals surface area (Å²) >= 11 is 0. The number of nitrogens with zero attached hydrogens (tertiary/aromatic N) is 2. The Hall–Kier alpha value is -6.16. The molecule has 4 aromatic carbocycles. The van der Waals surface area contributed by atoms with Crippen LogP contribution in [0.25, 0.3) is 44.7 Å². The van der Waals surface area contributed by atoms with E-state index in [-0.39, 0.29) is 11.8 Å². The summed E-state index contributed by atoms with van der Waals surface area (Å²) in [6.07, 6.45) is 0. The third kappa shape index (κ3) is 5.13. The van der Waals surface area contributed by atoms with Crippen molar-refractivity contribution in [2.45, 2.75) is 0 Å². The fourth-order valence-electron chi connectivity index (χ4n) is 3.95. The Morgan fingerprint density at radius 1 is 0.475 bits per heavy atom. The largest absolute Gasteiger partial charge is 0.403 e. The van der Waals surface area contributed by atoms with Crippen molar-refractivity contribution in [2.24, 2.45) is 0 Å². The van der Waals surface area contributed by atoms with E-state index in [1.807, 2.05) is 12.1 Å². The molecule has 0 spiro atoms. The van der Waals surface area contributed by atoms with Crippen molar-refractivity contribution in [3.63, 3.8) is 0 Å². The molecule has 2 heterocycles. The van der Waals surface area contributed by atoms with Gasteiger partial charge in [0.1, 0.15) is 0 Å². The van der Waals surface area contributed by atoms with Gasteiger partial charge in [0.2, 0.25) is 11.8 Å². The van der Waals surface area contributed by atoms with Crippen LogP contribution in [-0.2, 0) is 0 Å². The molecule has 0 aliphatic carbocycles. The van der Waals surface area contributed by atoms with Gasteiger partial charge in [0.05, 0.1) is 21.8 Å². The molecule has 6 aromatic rings. The third-order valence-electron chi connectivity index (χ3n) is 5.94. The zero-order valence-corrected chi connectivity index (χ0v) is 20.8. The first-order valence-electron chi connectivity index (χ1n) is 12.2. The van der Waals surface area contributed by atoms with Crippen molar-refractivity contribution in [1.82, 2.24) is 9.97 Å². The van der Waals surface area contributed by atoms with Gasteiger partial charge in [-0.1, -0.05) is 36.1 Å². The third-order valence-corrected chi connectivity index (χ3v) is 5.94. The molecule has 0 saturated carbocycles. The Morgan fingerprint density at radius 2 is 0.875 bits per heavy atom. The van der Waals surface area contributed by atoms with Gasteiger partial charge in [-0.15, -0.1) is 0 Å². The van der Waals surface area contributed by atoms with E-state index >= 15 is 0 Å². The molecule has 40 heavy (non-hydrogen) atoms. The van der Waals surface area contributed by atoms with Crippen molar-refractivity contribution in [3.8, 4) is 58.4 Å². The van der Waals surface area contributed by atoms with Crippen LogP contribution in [0, 0.1) is 35.5 Å². The number of aromatic nitrogens is 2. The highest BCUT2D eigenvalue weighted by atomic mass is 16.4. The predicted octanol–water partition coefficient (Wildman–Crippen LogP) is 5.43. The highest BCUT2D eigenvalue weighted by Gasteiger charge is 2.09. The van der Waals surface area contributed by atoms with Gasteiger partial charge in [-0.2, -0.15) is 0 Å². The molecule has 0 unspecified atom stereocenters. The lowest BCUT2D eigenvalue weighted by molar-refractivity contribution is 0.518. The summed E-state index contributed by atoms with van der Waals surface area (Å²) < 4.78 is 10.7. The minimum absolute atomic E-state index is 0.254. The second-order valence-corrected chi connectivity index (χ2v) is 8.55. The molecule has 0 N–H and O–H groups in total. The highest BCUT2D eigenvalue weighted by Crippen LogP contribution is 2.20. The van der Waals surface area contributed by atoms with Gasteiger partial charge in [-0.3, -0.25) is 0 Å². The quantitative estimate of drug-likeness (QED) is 0.285. The van der Waals surface area contributed by atoms with Gasteiger partial charge < -0.3 is 8.83 Å². The zero-order chi connectivity index (χ0) is 27.3. The Bertz CT molecular complexity index is 2050. The van der Waals surface area contributed by atoms with E-state index in [1.54, 1.807) is 84.9 Å². The number of para-hydroxylation sites is 2. The summed E-state index contributed by atoms with van der Waals surface area (Å²) in [6, 6.07) is 28.5. The molecule has 0 bridgehead atoms. The fourth-order valence-corrected chi connectivity index (χ4v) is 3.95. The minimum Gasteiger partial charge on any atom is -0.403 e. The zero-order valence-electron chi connectivity index (χ0n) is 20.8. The van der Waals surface area contributed by atoms with Gasteiger partial charge in [0.25, 0.3) is 0 Å². The van der Waals surface area contributed by atoms with Crippen LogP contribution >= 0.6 is 0 Å². The first-order chi connectivity index (χ1) is 19.6. The predicted molar refractivity (Wildman–Crippen MR) is 153 cm³/mol. The molecule has 6 nitrogen and oxygen atoms in total. The van der Waals surface area contributed by atoms with Gasteiger partial charge in [0, 0.05) is 22.3 Å². The van der Waals surface area contributed by atoms with E-state index in [0.717, 1.165) is 11.1 Å².